The average Bonchev–Trinajstić information content (AvgIpc) is 3.19. The van der Waals surface area contributed by atoms with Gasteiger partial charge in [-0.3, -0.25) is 0 Å². The smallest absolute Gasteiger partial charge is 0.250 e. The normalized spacial score (nSPS) is 16.5. The summed E-state index contributed by atoms with van der Waals surface area (Å²) < 4.78 is 23.7. The van der Waals surface area contributed by atoms with Crippen LogP contribution in [0.3, 0.4) is 0 Å². The molecular formula is C22H30Cl2N2O4. The van der Waals surface area contributed by atoms with Gasteiger partial charge in [-0.25, -0.2) is 0 Å². The summed E-state index contributed by atoms with van der Waals surface area (Å²) in [6, 6.07) is 15.6. The molecular weight excluding hydrogens is 427 g/mol. The first-order valence-electron chi connectivity index (χ1n) is 9.91. The van der Waals surface area contributed by atoms with Gasteiger partial charge in [0.25, 0.3) is 0 Å². The van der Waals surface area contributed by atoms with E-state index in [0.717, 1.165) is 62.0 Å². The Morgan fingerprint density at radius 1 is 0.567 bits per heavy atom. The summed E-state index contributed by atoms with van der Waals surface area (Å²) in [5.74, 6) is 2.09. The second-order valence-electron chi connectivity index (χ2n) is 7.57. The van der Waals surface area contributed by atoms with E-state index in [9.17, 15) is 0 Å². The van der Waals surface area contributed by atoms with Crippen LogP contribution in [0, 0.1) is 0 Å². The Morgan fingerprint density at radius 2 is 0.867 bits per heavy atom. The fraction of sp³-hybridized carbons (Fsp3) is 0.455. The molecule has 2 aromatic rings. The Bertz CT molecular complexity index is 704. The monoisotopic (exact) mass is 456 g/mol. The van der Waals surface area contributed by atoms with Gasteiger partial charge in [-0.15, -0.1) is 24.8 Å². The molecule has 2 heterocycles. The zero-order valence-corrected chi connectivity index (χ0v) is 18.9. The second kappa shape index (κ2) is 10.4. The standard InChI is InChI=1S/C22H28N2O4.2ClH/c1-21(25-17-7-3-4-8-18(17)26-21)11-13-23-15-16-24-14-12-22(2)27-19-9-5-6-10-20(19)28-22;;/h3-10,23-24H,11-16H2,1-2H3;2*1H. The number of para-hydroxylation sites is 4. The quantitative estimate of drug-likeness (QED) is 0.552. The molecule has 0 unspecified atom stereocenters. The molecule has 0 amide bonds. The number of fused-ring (bicyclic) bond motifs is 2. The molecule has 0 atom stereocenters. The Kier molecular flexibility index (Phi) is 8.50. The zero-order chi connectivity index (χ0) is 19.5. The number of hydrogen-bond donors (Lipinski definition) is 2. The van der Waals surface area contributed by atoms with Crippen LogP contribution in [0.25, 0.3) is 0 Å². The highest BCUT2D eigenvalue weighted by atomic mass is 35.5. The van der Waals surface area contributed by atoms with Crippen molar-refractivity contribution in [3.63, 3.8) is 0 Å². The molecule has 2 aromatic carbocycles. The van der Waals surface area contributed by atoms with Gasteiger partial charge in [-0.1, -0.05) is 24.3 Å². The van der Waals surface area contributed by atoms with Crippen molar-refractivity contribution in [2.45, 2.75) is 38.3 Å². The van der Waals surface area contributed by atoms with Crippen LogP contribution in [0.15, 0.2) is 48.5 Å². The topological polar surface area (TPSA) is 61.0 Å². The highest BCUT2D eigenvalue weighted by molar-refractivity contribution is 5.85. The van der Waals surface area contributed by atoms with Gasteiger partial charge in [-0.2, -0.15) is 0 Å². The van der Waals surface area contributed by atoms with Crippen molar-refractivity contribution >= 4 is 24.8 Å². The lowest BCUT2D eigenvalue weighted by molar-refractivity contribution is -0.0682. The van der Waals surface area contributed by atoms with E-state index in [2.05, 4.69) is 10.6 Å². The van der Waals surface area contributed by atoms with Crippen LogP contribution < -0.4 is 29.6 Å². The summed E-state index contributed by atoms with van der Waals surface area (Å²) in [6.07, 6.45) is 1.55. The summed E-state index contributed by atoms with van der Waals surface area (Å²) in [5.41, 5.74) is 0. The minimum absolute atomic E-state index is 0. The summed E-state index contributed by atoms with van der Waals surface area (Å²) in [7, 11) is 0. The number of halogens is 2. The molecule has 0 fully saturated rings. The van der Waals surface area contributed by atoms with E-state index in [1.807, 2.05) is 62.4 Å². The van der Waals surface area contributed by atoms with Gasteiger partial charge >= 0.3 is 0 Å². The molecule has 8 heteroatoms. The van der Waals surface area contributed by atoms with Crippen molar-refractivity contribution in [2.75, 3.05) is 26.2 Å². The first-order valence-corrected chi connectivity index (χ1v) is 9.91. The maximum Gasteiger partial charge on any atom is 0.250 e. The molecule has 2 aliphatic heterocycles. The predicted octanol–water partition coefficient (Wildman–Crippen LogP) is 4.16. The Morgan fingerprint density at radius 3 is 1.17 bits per heavy atom. The van der Waals surface area contributed by atoms with E-state index in [1.165, 1.54) is 0 Å². The number of ether oxygens (including phenoxy) is 4. The van der Waals surface area contributed by atoms with Gasteiger partial charge in [0.05, 0.1) is 0 Å². The molecule has 0 bridgehead atoms. The van der Waals surface area contributed by atoms with Gasteiger partial charge in [0, 0.05) is 52.9 Å². The van der Waals surface area contributed by atoms with E-state index >= 15 is 0 Å². The molecule has 0 radical (unpaired) electrons. The van der Waals surface area contributed by atoms with Crippen molar-refractivity contribution in [3.05, 3.63) is 48.5 Å². The largest absolute Gasteiger partial charge is 0.449 e. The number of benzene rings is 2. The molecule has 0 spiro atoms. The van der Waals surface area contributed by atoms with Crippen molar-refractivity contribution in [3.8, 4) is 23.0 Å². The van der Waals surface area contributed by atoms with Crippen LogP contribution in [0.4, 0.5) is 0 Å². The van der Waals surface area contributed by atoms with Gasteiger partial charge < -0.3 is 29.6 Å². The first kappa shape index (κ1) is 24.4. The molecule has 166 valence electrons. The van der Waals surface area contributed by atoms with Crippen LogP contribution in [0.2, 0.25) is 0 Å². The van der Waals surface area contributed by atoms with Crippen LogP contribution in [-0.4, -0.2) is 37.8 Å². The van der Waals surface area contributed by atoms with Gasteiger partial charge in [0.2, 0.25) is 11.6 Å². The minimum atomic E-state index is -0.592. The number of nitrogens with one attached hydrogen (secondary N) is 2. The maximum absolute atomic E-state index is 5.93. The minimum Gasteiger partial charge on any atom is -0.449 e. The molecule has 2 N–H and O–H groups in total. The maximum atomic E-state index is 5.93. The van der Waals surface area contributed by atoms with E-state index < -0.39 is 11.6 Å². The SMILES string of the molecule is CC1(CCNCCNCCC2(C)Oc3ccccc3O2)Oc2ccccc2O1.Cl.Cl. The van der Waals surface area contributed by atoms with E-state index in [-0.39, 0.29) is 24.8 Å². The van der Waals surface area contributed by atoms with E-state index in [0.29, 0.717) is 0 Å². The molecule has 30 heavy (non-hydrogen) atoms. The lowest BCUT2D eigenvalue weighted by Crippen LogP contribution is -2.40. The van der Waals surface area contributed by atoms with Crippen molar-refractivity contribution in [1.29, 1.82) is 0 Å². The summed E-state index contributed by atoms with van der Waals surface area (Å²) in [4.78, 5) is 0. The summed E-state index contributed by atoms with van der Waals surface area (Å²) in [6.45, 7) is 7.36. The predicted molar refractivity (Wildman–Crippen MR) is 122 cm³/mol. The molecule has 0 saturated heterocycles. The number of hydrogen-bond acceptors (Lipinski definition) is 6. The fourth-order valence-electron chi connectivity index (χ4n) is 3.47. The van der Waals surface area contributed by atoms with Gasteiger partial charge in [-0.05, 0) is 24.3 Å². The zero-order valence-electron chi connectivity index (χ0n) is 17.3. The third kappa shape index (κ3) is 5.85. The van der Waals surface area contributed by atoms with Gasteiger partial charge in [0.1, 0.15) is 0 Å². The van der Waals surface area contributed by atoms with Crippen molar-refractivity contribution in [1.82, 2.24) is 10.6 Å². The molecule has 6 nitrogen and oxygen atoms in total. The van der Waals surface area contributed by atoms with Crippen molar-refractivity contribution < 1.29 is 18.9 Å². The first-order chi connectivity index (χ1) is 13.6. The van der Waals surface area contributed by atoms with Crippen LogP contribution in [0.1, 0.15) is 26.7 Å². The van der Waals surface area contributed by atoms with Crippen LogP contribution in [-0.2, 0) is 0 Å². The van der Waals surface area contributed by atoms with Crippen LogP contribution >= 0.6 is 24.8 Å². The third-order valence-electron chi connectivity index (χ3n) is 4.99. The lowest BCUT2D eigenvalue weighted by atomic mass is 10.2. The molecule has 0 aliphatic carbocycles. The van der Waals surface area contributed by atoms with Crippen molar-refractivity contribution in [2.24, 2.45) is 0 Å². The summed E-state index contributed by atoms with van der Waals surface area (Å²) in [5, 5.41) is 6.86. The van der Waals surface area contributed by atoms with Gasteiger partial charge in [0.15, 0.2) is 23.0 Å². The Balaban J connectivity index is 0.00000160. The molecule has 2 aliphatic rings. The second-order valence-corrected chi connectivity index (χ2v) is 7.57. The highest BCUT2D eigenvalue weighted by Gasteiger charge is 2.36. The summed E-state index contributed by atoms with van der Waals surface area (Å²) >= 11 is 0. The third-order valence-corrected chi connectivity index (χ3v) is 4.99. The Hall–Kier alpha value is -1.86. The number of rotatable bonds is 9. The lowest BCUT2D eigenvalue weighted by Gasteiger charge is -2.24. The van der Waals surface area contributed by atoms with E-state index in [4.69, 9.17) is 18.9 Å². The molecule has 4 rings (SSSR count). The van der Waals surface area contributed by atoms with E-state index in [1.54, 1.807) is 0 Å². The molecule has 0 aromatic heterocycles. The Labute approximate surface area is 190 Å². The highest BCUT2D eigenvalue weighted by Crippen LogP contribution is 2.40. The molecule has 0 saturated carbocycles. The fourth-order valence-corrected chi connectivity index (χ4v) is 3.47. The van der Waals surface area contributed by atoms with Crippen LogP contribution in [0.5, 0.6) is 23.0 Å². The average molecular weight is 457 g/mol.